The van der Waals surface area contributed by atoms with Crippen LogP contribution in [0.4, 0.5) is 14.5 Å². The van der Waals surface area contributed by atoms with Crippen molar-refractivity contribution in [3.63, 3.8) is 0 Å². The van der Waals surface area contributed by atoms with Crippen LogP contribution in [-0.2, 0) is 22.4 Å². The molecule has 1 heterocycles. The van der Waals surface area contributed by atoms with E-state index >= 15 is 0 Å². The van der Waals surface area contributed by atoms with Gasteiger partial charge in [0.05, 0.1) is 6.42 Å². The first-order chi connectivity index (χ1) is 8.81. The lowest BCUT2D eigenvalue weighted by atomic mass is 10.0. The molecule has 1 aromatic carbocycles. The Morgan fingerprint density at radius 3 is 2.79 bits per heavy atom. The number of nitrogens with zero attached hydrogens (tertiary/aromatic N) is 1. The van der Waals surface area contributed by atoms with Crippen molar-refractivity contribution in [2.24, 2.45) is 0 Å². The Morgan fingerprint density at radius 1 is 1.47 bits per heavy atom. The molecule has 0 saturated carbocycles. The Bertz CT molecular complexity index is 543. The average Bonchev–Trinajstić information content (AvgIpc) is 2.62. The van der Waals surface area contributed by atoms with Crippen molar-refractivity contribution in [3.8, 4) is 0 Å². The Balaban J connectivity index is 2.11. The number of halogens is 2. The maximum atomic E-state index is 13.0. The molecule has 0 spiro atoms. The lowest BCUT2D eigenvalue weighted by Gasteiger charge is -2.12. The molecular weight excluding hydrogens is 256 g/mol. The molecule has 0 unspecified atom stereocenters. The van der Waals surface area contributed by atoms with E-state index in [9.17, 15) is 18.4 Å². The number of carbonyl (C=O) groups excluding carboxylic acids is 1. The van der Waals surface area contributed by atoms with Gasteiger partial charge in [0.15, 0.2) is 0 Å². The summed E-state index contributed by atoms with van der Waals surface area (Å²) in [4.78, 5) is 23.3. The van der Waals surface area contributed by atoms with Crippen LogP contribution in [0.2, 0.25) is 0 Å². The molecule has 4 nitrogen and oxygen atoms in total. The zero-order chi connectivity index (χ0) is 14.2. The monoisotopic (exact) mass is 269 g/mol. The summed E-state index contributed by atoms with van der Waals surface area (Å²) in [5, 5.41) is 8.34. The van der Waals surface area contributed by atoms with E-state index in [4.69, 9.17) is 5.11 Å². The van der Waals surface area contributed by atoms with E-state index in [1.54, 1.807) is 25.2 Å². The van der Waals surface area contributed by atoms with Crippen LogP contribution >= 0.6 is 0 Å². The van der Waals surface area contributed by atoms with Crippen LogP contribution in [0, 0.1) is 0 Å². The fourth-order valence-corrected chi connectivity index (χ4v) is 2.09. The van der Waals surface area contributed by atoms with E-state index in [1.165, 1.54) is 4.90 Å². The number of rotatable bonds is 4. The average molecular weight is 269 g/mol. The number of amides is 1. The molecule has 0 bridgehead atoms. The molecule has 0 aliphatic carbocycles. The number of hydrogen-bond acceptors (Lipinski definition) is 2. The number of fused-ring (bicyclic) bond motifs is 1. The highest BCUT2D eigenvalue weighted by Gasteiger charge is 2.38. The van der Waals surface area contributed by atoms with Gasteiger partial charge in [-0.15, -0.1) is 0 Å². The fourth-order valence-electron chi connectivity index (χ4n) is 2.09. The predicted octanol–water partition coefficient (Wildman–Crippen LogP) is 1.86. The van der Waals surface area contributed by atoms with Crippen molar-refractivity contribution in [2.75, 3.05) is 11.9 Å². The zero-order valence-electron chi connectivity index (χ0n) is 10.3. The number of anilines is 1. The Kier molecular flexibility index (Phi) is 3.26. The van der Waals surface area contributed by atoms with E-state index in [0.717, 1.165) is 11.3 Å². The number of benzene rings is 1. The van der Waals surface area contributed by atoms with Crippen LogP contribution in [0.5, 0.6) is 0 Å². The minimum atomic E-state index is -3.72. The van der Waals surface area contributed by atoms with Gasteiger partial charge in [-0.05, 0) is 23.6 Å². The molecular formula is C13H13F2NO3. The molecule has 1 aromatic rings. The predicted molar refractivity (Wildman–Crippen MR) is 64.5 cm³/mol. The summed E-state index contributed by atoms with van der Waals surface area (Å²) in [7, 11) is 1.66. The second-order valence-electron chi connectivity index (χ2n) is 4.60. The smallest absolute Gasteiger partial charge is 0.374 e. The largest absolute Gasteiger partial charge is 0.477 e. The summed E-state index contributed by atoms with van der Waals surface area (Å²) in [5.74, 6) is -5.86. The maximum absolute atomic E-state index is 13.0. The lowest BCUT2D eigenvalue weighted by Crippen LogP contribution is -2.28. The van der Waals surface area contributed by atoms with Crippen LogP contribution in [0.1, 0.15) is 17.5 Å². The molecule has 1 amide bonds. The van der Waals surface area contributed by atoms with E-state index in [-0.39, 0.29) is 18.7 Å². The lowest BCUT2D eigenvalue weighted by molar-refractivity contribution is -0.165. The van der Waals surface area contributed by atoms with Crippen molar-refractivity contribution in [1.29, 1.82) is 0 Å². The van der Waals surface area contributed by atoms with Gasteiger partial charge in [-0.2, -0.15) is 8.78 Å². The van der Waals surface area contributed by atoms with E-state index in [1.807, 2.05) is 0 Å². The van der Waals surface area contributed by atoms with Crippen LogP contribution < -0.4 is 4.90 Å². The van der Waals surface area contributed by atoms with Crippen molar-refractivity contribution in [1.82, 2.24) is 0 Å². The number of hydrogen-bond donors (Lipinski definition) is 1. The molecule has 6 heteroatoms. The molecule has 0 aromatic heterocycles. The van der Waals surface area contributed by atoms with Gasteiger partial charge in [-0.25, -0.2) is 4.79 Å². The number of aryl methyl sites for hydroxylation is 1. The summed E-state index contributed by atoms with van der Waals surface area (Å²) < 4.78 is 25.9. The van der Waals surface area contributed by atoms with Gasteiger partial charge in [0.25, 0.3) is 0 Å². The molecule has 1 aliphatic heterocycles. The summed E-state index contributed by atoms with van der Waals surface area (Å²) in [6.45, 7) is 0. The second kappa shape index (κ2) is 4.60. The van der Waals surface area contributed by atoms with Crippen LogP contribution in [0.15, 0.2) is 18.2 Å². The van der Waals surface area contributed by atoms with E-state index < -0.39 is 18.3 Å². The summed E-state index contributed by atoms with van der Waals surface area (Å²) in [5.41, 5.74) is 2.19. The number of likely N-dealkylation sites (N-methyl/N-ethyl adjacent to an activating group) is 1. The molecule has 0 radical (unpaired) electrons. The van der Waals surface area contributed by atoms with Crippen molar-refractivity contribution in [3.05, 3.63) is 29.3 Å². The first kappa shape index (κ1) is 13.5. The topological polar surface area (TPSA) is 57.6 Å². The number of carboxylic acids is 1. The number of carboxylic acid groups (broad SMARTS) is 1. The second-order valence-corrected chi connectivity index (χ2v) is 4.60. The Hall–Kier alpha value is -1.98. The molecule has 1 N–H and O–H groups in total. The van der Waals surface area contributed by atoms with Gasteiger partial charge < -0.3 is 10.0 Å². The third-order valence-corrected chi connectivity index (χ3v) is 3.26. The van der Waals surface area contributed by atoms with Crippen molar-refractivity contribution in [2.45, 2.75) is 25.2 Å². The zero-order valence-corrected chi connectivity index (χ0v) is 10.3. The normalized spacial score (nSPS) is 14.7. The van der Waals surface area contributed by atoms with E-state index in [0.29, 0.717) is 5.56 Å². The van der Waals surface area contributed by atoms with Crippen LogP contribution in [0.25, 0.3) is 0 Å². The third kappa shape index (κ3) is 2.57. The van der Waals surface area contributed by atoms with Gasteiger partial charge in [0.1, 0.15) is 0 Å². The van der Waals surface area contributed by atoms with Gasteiger partial charge in [-0.3, -0.25) is 4.79 Å². The first-order valence-electron chi connectivity index (χ1n) is 5.81. The highest BCUT2D eigenvalue weighted by Crippen LogP contribution is 2.29. The molecule has 0 saturated heterocycles. The summed E-state index contributed by atoms with van der Waals surface area (Å²) in [6, 6.07) is 5.04. The minimum absolute atomic E-state index is 0.0372. The maximum Gasteiger partial charge on any atom is 0.374 e. The third-order valence-electron chi connectivity index (χ3n) is 3.26. The standard InChI is InChI=1S/C13H13F2NO3/c1-16-10-3-2-8(6-9(10)7-11(16)17)4-5-13(14,15)12(18)19/h2-3,6H,4-5,7H2,1H3,(H,18,19). The van der Waals surface area contributed by atoms with Gasteiger partial charge >= 0.3 is 11.9 Å². The van der Waals surface area contributed by atoms with Crippen molar-refractivity contribution >= 4 is 17.6 Å². The Morgan fingerprint density at radius 2 is 2.16 bits per heavy atom. The molecule has 0 fully saturated rings. The van der Waals surface area contributed by atoms with Crippen molar-refractivity contribution < 1.29 is 23.5 Å². The SMILES string of the molecule is CN1C(=O)Cc2cc(CCC(F)(F)C(=O)O)ccc21. The molecule has 102 valence electrons. The Labute approximate surface area is 108 Å². The molecule has 0 atom stereocenters. The molecule has 2 rings (SSSR count). The fraction of sp³-hybridized carbons (Fsp3) is 0.385. The minimum Gasteiger partial charge on any atom is -0.477 e. The number of aliphatic carboxylic acids is 1. The first-order valence-corrected chi connectivity index (χ1v) is 5.81. The number of alkyl halides is 2. The van der Waals surface area contributed by atoms with Gasteiger partial charge in [0.2, 0.25) is 5.91 Å². The summed E-state index contributed by atoms with van der Waals surface area (Å²) >= 11 is 0. The quantitative estimate of drug-likeness (QED) is 0.907. The highest BCUT2D eigenvalue weighted by molar-refractivity contribution is 6.00. The van der Waals surface area contributed by atoms with Crippen LogP contribution in [0.3, 0.4) is 0 Å². The van der Waals surface area contributed by atoms with Crippen LogP contribution in [-0.4, -0.2) is 30.0 Å². The van der Waals surface area contributed by atoms with Gasteiger partial charge in [0, 0.05) is 19.2 Å². The van der Waals surface area contributed by atoms with Gasteiger partial charge in [-0.1, -0.05) is 12.1 Å². The van der Waals surface area contributed by atoms with E-state index in [2.05, 4.69) is 0 Å². The highest BCUT2D eigenvalue weighted by atomic mass is 19.3. The summed E-state index contributed by atoms with van der Waals surface area (Å²) in [6.07, 6.45) is -0.523. The molecule has 19 heavy (non-hydrogen) atoms. The number of carbonyl (C=O) groups is 2. The molecule has 1 aliphatic rings.